The Balaban J connectivity index is 1.99. The number of hydrogen-bond acceptors (Lipinski definition) is 4. The van der Waals surface area contributed by atoms with Gasteiger partial charge in [-0.2, -0.15) is 0 Å². The van der Waals surface area contributed by atoms with Crippen molar-refractivity contribution in [1.82, 2.24) is 9.88 Å². The summed E-state index contributed by atoms with van der Waals surface area (Å²) in [6.45, 7) is 8.26. The molecule has 32 heavy (non-hydrogen) atoms. The molecule has 0 aliphatic carbocycles. The standard InChI is InChI=1S/C26H30N2O4/c1-15-7-8-20-17(11-15)12-19(24(29)27-20)23-18-14-22(32-6)21(31-5)13-16(18)9-10-28(23)25(30)26(2,3)4/h7-8,11-14,23H,9-10H2,1-6H3,(H,27,29)/t23-/m0/s1. The summed E-state index contributed by atoms with van der Waals surface area (Å²) < 4.78 is 11.0. The molecule has 1 amide bonds. The third kappa shape index (κ3) is 3.74. The molecule has 1 aliphatic rings. The predicted molar refractivity (Wildman–Crippen MR) is 126 cm³/mol. The molecule has 2 heterocycles. The van der Waals surface area contributed by atoms with Gasteiger partial charge < -0.3 is 19.4 Å². The average molecular weight is 435 g/mol. The van der Waals surface area contributed by atoms with Crippen LogP contribution in [0.15, 0.2) is 41.2 Å². The second kappa shape index (κ2) is 8.01. The number of H-pyrrole nitrogens is 1. The van der Waals surface area contributed by atoms with Crippen molar-refractivity contribution in [3.63, 3.8) is 0 Å². The van der Waals surface area contributed by atoms with Gasteiger partial charge in [0.15, 0.2) is 11.5 Å². The number of methoxy groups -OCH3 is 2. The van der Waals surface area contributed by atoms with Gasteiger partial charge in [0.05, 0.1) is 20.3 Å². The molecular weight excluding hydrogens is 404 g/mol. The fourth-order valence-electron chi connectivity index (χ4n) is 4.48. The zero-order valence-electron chi connectivity index (χ0n) is 19.5. The topological polar surface area (TPSA) is 71.6 Å². The molecule has 0 radical (unpaired) electrons. The molecule has 1 aromatic heterocycles. The van der Waals surface area contributed by atoms with Gasteiger partial charge in [-0.25, -0.2) is 0 Å². The predicted octanol–water partition coefficient (Wildman–Crippen LogP) is 4.37. The van der Waals surface area contributed by atoms with Crippen molar-refractivity contribution in [2.45, 2.75) is 40.2 Å². The minimum absolute atomic E-state index is 0.00618. The zero-order chi connectivity index (χ0) is 23.2. The van der Waals surface area contributed by atoms with Crippen LogP contribution in [0.5, 0.6) is 11.5 Å². The molecular formula is C26H30N2O4. The van der Waals surface area contributed by atoms with Crippen molar-refractivity contribution in [3.05, 3.63) is 69.0 Å². The summed E-state index contributed by atoms with van der Waals surface area (Å²) in [4.78, 5) is 31.6. The summed E-state index contributed by atoms with van der Waals surface area (Å²) in [6.07, 6.45) is 0.679. The van der Waals surface area contributed by atoms with E-state index >= 15 is 0 Å². The maximum Gasteiger partial charge on any atom is 0.254 e. The van der Waals surface area contributed by atoms with Gasteiger partial charge in [0, 0.05) is 23.0 Å². The van der Waals surface area contributed by atoms with Crippen LogP contribution in [0.2, 0.25) is 0 Å². The van der Waals surface area contributed by atoms with Crippen LogP contribution in [-0.4, -0.2) is 36.6 Å². The maximum atomic E-state index is 13.5. The number of benzene rings is 2. The average Bonchev–Trinajstić information content (AvgIpc) is 2.76. The summed E-state index contributed by atoms with van der Waals surface area (Å²) in [5.41, 5.74) is 3.61. The van der Waals surface area contributed by atoms with Crippen LogP contribution in [0.1, 0.15) is 49.1 Å². The van der Waals surface area contributed by atoms with Gasteiger partial charge in [0.2, 0.25) is 5.91 Å². The number of ether oxygens (including phenoxy) is 2. The number of nitrogens with one attached hydrogen (secondary N) is 1. The van der Waals surface area contributed by atoms with Crippen molar-refractivity contribution in [2.24, 2.45) is 5.41 Å². The van der Waals surface area contributed by atoms with E-state index in [4.69, 9.17) is 9.47 Å². The van der Waals surface area contributed by atoms with Crippen molar-refractivity contribution in [3.8, 4) is 11.5 Å². The van der Waals surface area contributed by atoms with E-state index in [0.717, 1.165) is 27.6 Å². The normalized spacial score (nSPS) is 16.1. The number of aromatic nitrogens is 1. The first-order valence-electron chi connectivity index (χ1n) is 10.8. The number of aromatic amines is 1. The van der Waals surface area contributed by atoms with E-state index in [1.165, 1.54) is 0 Å². The van der Waals surface area contributed by atoms with Gasteiger partial charge in [-0.05, 0) is 60.2 Å². The Morgan fingerprint density at radius 2 is 1.72 bits per heavy atom. The second-order valence-electron chi connectivity index (χ2n) is 9.45. The molecule has 6 heteroatoms. The number of nitrogens with zero attached hydrogens (tertiary/aromatic N) is 1. The van der Waals surface area contributed by atoms with Crippen LogP contribution in [0, 0.1) is 12.3 Å². The van der Waals surface area contributed by atoms with E-state index in [2.05, 4.69) is 4.98 Å². The van der Waals surface area contributed by atoms with Crippen LogP contribution < -0.4 is 15.0 Å². The minimum atomic E-state index is -0.577. The molecule has 0 unspecified atom stereocenters. The van der Waals surface area contributed by atoms with Crippen LogP contribution in [0.4, 0.5) is 0 Å². The Labute approximate surface area is 188 Å². The first-order chi connectivity index (χ1) is 15.1. The highest BCUT2D eigenvalue weighted by molar-refractivity contribution is 5.84. The largest absolute Gasteiger partial charge is 0.493 e. The Kier molecular flexibility index (Phi) is 5.49. The molecule has 0 fully saturated rings. The van der Waals surface area contributed by atoms with Crippen molar-refractivity contribution in [1.29, 1.82) is 0 Å². The van der Waals surface area contributed by atoms with E-state index in [1.54, 1.807) is 14.2 Å². The first kappa shape index (κ1) is 21.9. The van der Waals surface area contributed by atoms with Crippen molar-refractivity contribution < 1.29 is 14.3 Å². The molecule has 1 N–H and O–H groups in total. The highest BCUT2D eigenvalue weighted by Crippen LogP contribution is 2.42. The van der Waals surface area contributed by atoms with Gasteiger partial charge in [-0.1, -0.05) is 32.4 Å². The van der Waals surface area contributed by atoms with Gasteiger partial charge in [0.1, 0.15) is 0 Å². The molecule has 0 spiro atoms. The number of rotatable bonds is 3. The lowest BCUT2D eigenvalue weighted by molar-refractivity contribution is -0.141. The number of aryl methyl sites for hydroxylation is 1. The molecule has 0 saturated heterocycles. The Morgan fingerprint density at radius 3 is 2.38 bits per heavy atom. The number of hydrogen-bond donors (Lipinski definition) is 1. The lowest BCUT2D eigenvalue weighted by Crippen LogP contribution is -2.47. The molecule has 168 valence electrons. The molecule has 0 bridgehead atoms. The smallest absolute Gasteiger partial charge is 0.254 e. The third-order valence-corrected chi connectivity index (χ3v) is 6.10. The summed E-state index contributed by atoms with van der Waals surface area (Å²) in [5.74, 6) is 1.23. The monoisotopic (exact) mass is 434 g/mol. The molecule has 3 aromatic rings. The fourth-order valence-corrected chi connectivity index (χ4v) is 4.48. The summed E-state index contributed by atoms with van der Waals surface area (Å²) in [5, 5.41) is 0.940. The van der Waals surface area contributed by atoms with Crippen LogP contribution >= 0.6 is 0 Å². The Hall–Kier alpha value is -3.28. The van der Waals surface area contributed by atoms with E-state index < -0.39 is 11.5 Å². The molecule has 6 nitrogen and oxygen atoms in total. The van der Waals surface area contributed by atoms with Crippen LogP contribution in [-0.2, 0) is 11.2 Å². The van der Waals surface area contributed by atoms with E-state index in [-0.39, 0.29) is 11.5 Å². The molecule has 1 aliphatic heterocycles. The minimum Gasteiger partial charge on any atom is -0.493 e. The number of carbonyl (C=O) groups is 1. The van der Waals surface area contributed by atoms with Crippen molar-refractivity contribution in [2.75, 3.05) is 20.8 Å². The summed E-state index contributed by atoms with van der Waals surface area (Å²) in [7, 11) is 3.20. The molecule has 1 atom stereocenters. The van der Waals surface area contributed by atoms with E-state index in [0.29, 0.717) is 30.0 Å². The lowest BCUT2D eigenvalue weighted by Gasteiger charge is -2.40. The van der Waals surface area contributed by atoms with Crippen LogP contribution in [0.25, 0.3) is 10.9 Å². The molecule has 4 rings (SSSR count). The number of amides is 1. The third-order valence-electron chi connectivity index (χ3n) is 6.10. The van der Waals surface area contributed by atoms with Gasteiger partial charge in [-0.3, -0.25) is 9.59 Å². The van der Waals surface area contributed by atoms with E-state index in [9.17, 15) is 9.59 Å². The Morgan fingerprint density at radius 1 is 1.03 bits per heavy atom. The summed E-state index contributed by atoms with van der Waals surface area (Å²) in [6, 6.07) is 11.2. The fraction of sp³-hybridized carbons (Fsp3) is 0.385. The quantitative estimate of drug-likeness (QED) is 0.664. The molecule has 0 saturated carbocycles. The SMILES string of the molecule is COc1cc2c(cc1OC)[C@@H](c1cc3cc(C)ccc3[nH]c1=O)N(C(=O)C(C)(C)C)CC2. The number of carbonyl (C=O) groups excluding carboxylic acids is 1. The van der Waals surface area contributed by atoms with Gasteiger partial charge in [-0.15, -0.1) is 0 Å². The second-order valence-corrected chi connectivity index (χ2v) is 9.45. The highest BCUT2D eigenvalue weighted by Gasteiger charge is 2.38. The molecule has 2 aromatic carbocycles. The zero-order valence-corrected chi connectivity index (χ0v) is 19.5. The Bertz CT molecular complexity index is 1250. The van der Waals surface area contributed by atoms with Crippen molar-refractivity contribution >= 4 is 16.8 Å². The lowest BCUT2D eigenvalue weighted by atomic mass is 9.85. The van der Waals surface area contributed by atoms with E-state index in [1.807, 2.05) is 69.0 Å². The number of pyridine rings is 1. The maximum absolute atomic E-state index is 13.5. The van der Waals surface area contributed by atoms with Gasteiger partial charge >= 0.3 is 0 Å². The highest BCUT2D eigenvalue weighted by atomic mass is 16.5. The first-order valence-corrected chi connectivity index (χ1v) is 10.8. The number of fused-ring (bicyclic) bond motifs is 2. The van der Waals surface area contributed by atoms with Crippen LogP contribution in [0.3, 0.4) is 0 Å². The summed E-state index contributed by atoms with van der Waals surface area (Å²) >= 11 is 0. The van der Waals surface area contributed by atoms with Gasteiger partial charge in [0.25, 0.3) is 5.56 Å².